The lowest BCUT2D eigenvalue weighted by molar-refractivity contribution is -0.123. The Morgan fingerprint density at radius 3 is 2.85 bits per heavy atom. The molecule has 5 nitrogen and oxygen atoms in total. The highest BCUT2D eigenvalue weighted by atomic mass is 16.3. The molecule has 1 saturated carbocycles. The van der Waals surface area contributed by atoms with E-state index in [0.29, 0.717) is 5.92 Å². The van der Waals surface area contributed by atoms with E-state index in [1.165, 1.54) is 12.7 Å². The lowest BCUT2D eigenvalue weighted by atomic mass is 9.87. The molecule has 1 aromatic heterocycles. The van der Waals surface area contributed by atoms with Crippen LogP contribution >= 0.6 is 0 Å². The molecule has 5 heteroatoms. The Bertz CT molecular complexity index is 456. The molecule has 3 unspecified atom stereocenters. The van der Waals surface area contributed by atoms with Crippen molar-refractivity contribution in [2.24, 2.45) is 5.92 Å². The summed E-state index contributed by atoms with van der Waals surface area (Å²) in [5.41, 5.74) is 0. The first-order valence-corrected chi connectivity index (χ1v) is 7.21. The summed E-state index contributed by atoms with van der Waals surface area (Å²) < 4.78 is 5.00. The fraction of sp³-hybridized carbons (Fsp3) is 0.600. The third-order valence-electron chi connectivity index (χ3n) is 3.77. The van der Waals surface area contributed by atoms with Crippen LogP contribution in [-0.4, -0.2) is 23.9 Å². The van der Waals surface area contributed by atoms with Gasteiger partial charge in [0.25, 0.3) is 5.91 Å². The van der Waals surface area contributed by atoms with Gasteiger partial charge in [-0.2, -0.15) is 0 Å². The van der Waals surface area contributed by atoms with E-state index in [9.17, 15) is 9.59 Å². The zero-order chi connectivity index (χ0) is 14.5. The van der Waals surface area contributed by atoms with Gasteiger partial charge in [-0.1, -0.05) is 19.8 Å². The second-order valence-electron chi connectivity index (χ2n) is 5.65. The molecule has 20 heavy (non-hydrogen) atoms. The van der Waals surface area contributed by atoms with Crippen molar-refractivity contribution in [1.82, 2.24) is 10.6 Å². The van der Waals surface area contributed by atoms with E-state index in [2.05, 4.69) is 17.6 Å². The van der Waals surface area contributed by atoms with Crippen molar-refractivity contribution in [3.05, 3.63) is 24.2 Å². The average molecular weight is 278 g/mol. The standard InChI is InChI=1S/C15H22N2O3/c1-10-5-3-6-12(9-10)17-14(18)11(2)16-15(19)13-7-4-8-20-13/h4,7-8,10-12H,3,5-6,9H2,1-2H3,(H,16,19)(H,17,18). The predicted octanol–water partition coefficient (Wildman–Crippen LogP) is 2.09. The van der Waals surface area contributed by atoms with E-state index in [0.717, 1.165) is 19.3 Å². The van der Waals surface area contributed by atoms with Crippen LogP contribution in [0.5, 0.6) is 0 Å². The van der Waals surface area contributed by atoms with E-state index < -0.39 is 6.04 Å². The fourth-order valence-electron chi connectivity index (χ4n) is 2.63. The Balaban J connectivity index is 1.81. The van der Waals surface area contributed by atoms with E-state index in [4.69, 9.17) is 4.42 Å². The minimum atomic E-state index is -0.565. The highest BCUT2D eigenvalue weighted by molar-refractivity contribution is 5.95. The number of nitrogens with one attached hydrogen (secondary N) is 2. The normalized spacial score (nSPS) is 23.9. The van der Waals surface area contributed by atoms with E-state index in [1.807, 2.05) is 0 Å². The monoisotopic (exact) mass is 278 g/mol. The summed E-state index contributed by atoms with van der Waals surface area (Å²) in [6.45, 7) is 3.89. The summed E-state index contributed by atoms with van der Waals surface area (Å²) in [4.78, 5) is 23.8. The molecule has 0 aromatic carbocycles. The van der Waals surface area contributed by atoms with Gasteiger partial charge in [0.05, 0.1) is 6.26 Å². The van der Waals surface area contributed by atoms with Crippen LogP contribution in [0, 0.1) is 5.92 Å². The van der Waals surface area contributed by atoms with Gasteiger partial charge in [0.1, 0.15) is 6.04 Å². The summed E-state index contributed by atoms with van der Waals surface area (Å²) in [6.07, 6.45) is 5.86. The van der Waals surface area contributed by atoms with Crippen LogP contribution in [0.3, 0.4) is 0 Å². The lowest BCUT2D eigenvalue weighted by Gasteiger charge is -2.28. The molecule has 0 bridgehead atoms. The molecular weight excluding hydrogens is 256 g/mol. The van der Waals surface area contributed by atoms with Crippen LogP contribution < -0.4 is 10.6 Å². The number of carbonyl (C=O) groups is 2. The van der Waals surface area contributed by atoms with Crippen molar-refractivity contribution < 1.29 is 14.0 Å². The van der Waals surface area contributed by atoms with Gasteiger partial charge in [-0.25, -0.2) is 0 Å². The van der Waals surface area contributed by atoms with Gasteiger partial charge in [0, 0.05) is 6.04 Å². The third kappa shape index (κ3) is 3.85. The van der Waals surface area contributed by atoms with Crippen LogP contribution in [0.2, 0.25) is 0 Å². The molecule has 0 radical (unpaired) electrons. The van der Waals surface area contributed by atoms with Gasteiger partial charge >= 0.3 is 0 Å². The molecule has 2 amide bonds. The number of rotatable bonds is 4. The summed E-state index contributed by atoms with van der Waals surface area (Å²) in [5, 5.41) is 5.65. The lowest BCUT2D eigenvalue weighted by Crippen LogP contribution is -2.49. The molecular formula is C15H22N2O3. The van der Waals surface area contributed by atoms with E-state index >= 15 is 0 Å². The third-order valence-corrected chi connectivity index (χ3v) is 3.77. The first-order valence-electron chi connectivity index (χ1n) is 7.21. The molecule has 1 aliphatic carbocycles. The summed E-state index contributed by atoms with van der Waals surface area (Å²) in [7, 11) is 0. The summed E-state index contributed by atoms with van der Waals surface area (Å²) in [6, 6.07) is 2.88. The molecule has 0 aliphatic heterocycles. The molecule has 1 heterocycles. The fourth-order valence-corrected chi connectivity index (χ4v) is 2.63. The van der Waals surface area contributed by atoms with Crippen LogP contribution in [0.1, 0.15) is 50.1 Å². The van der Waals surface area contributed by atoms with Crippen LogP contribution in [0.15, 0.2) is 22.8 Å². The van der Waals surface area contributed by atoms with Gasteiger partial charge in [0.15, 0.2) is 5.76 Å². The molecule has 1 fully saturated rings. The summed E-state index contributed by atoms with van der Waals surface area (Å²) in [5.74, 6) is 0.372. The molecule has 2 rings (SSSR count). The summed E-state index contributed by atoms with van der Waals surface area (Å²) >= 11 is 0. The minimum Gasteiger partial charge on any atom is -0.459 e. The maximum atomic E-state index is 12.1. The first kappa shape index (κ1) is 14.6. The van der Waals surface area contributed by atoms with Crippen LogP contribution in [0.25, 0.3) is 0 Å². The van der Waals surface area contributed by atoms with E-state index in [1.54, 1.807) is 19.1 Å². The Hall–Kier alpha value is -1.78. The van der Waals surface area contributed by atoms with E-state index in [-0.39, 0.29) is 23.6 Å². The van der Waals surface area contributed by atoms with Gasteiger partial charge < -0.3 is 15.1 Å². The average Bonchev–Trinajstić information content (AvgIpc) is 2.92. The SMILES string of the molecule is CC1CCCC(NC(=O)C(C)NC(=O)c2ccco2)C1. The Morgan fingerprint density at radius 2 is 2.20 bits per heavy atom. The van der Waals surface area contributed by atoms with Gasteiger partial charge in [-0.15, -0.1) is 0 Å². The largest absolute Gasteiger partial charge is 0.459 e. The maximum Gasteiger partial charge on any atom is 0.287 e. The second-order valence-corrected chi connectivity index (χ2v) is 5.65. The Labute approximate surface area is 119 Å². The molecule has 2 N–H and O–H groups in total. The number of amides is 2. The van der Waals surface area contributed by atoms with Gasteiger partial charge in [-0.3, -0.25) is 9.59 Å². The number of furan rings is 1. The topological polar surface area (TPSA) is 71.3 Å². The highest BCUT2D eigenvalue weighted by Crippen LogP contribution is 2.23. The smallest absolute Gasteiger partial charge is 0.287 e. The molecule has 0 saturated heterocycles. The van der Waals surface area contributed by atoms with Crippen molar-refractivity contribution in [3.63, 3.8) is 0 Å². The molecule has 1 aromatic rings. The molecule has 3 atom stereocenters. The molecule has 110 valence electrons. The van der Waals surface area contributed by atoms with Gasteiger partial charge in [0.2, 0.25) is 5.91 Å². The quantitative estimate of drug-likeness (QED) is 0.886. The van der Waals surface area contributed by atoms with Gasteiger partial charge in [-0.05, 0) is 37.8 Å². The first-order chi connectivity index (χ1) is 9.56. The van der Waals surface area contributed by atoms with Crippen molar-refractivity contribution in [1.29, 1.82) is 0 Å². The number of hydrogen-bond acceptors (Lipinski definition) is 3. The van der Waals surface area contributed by atoms with Crippen LogP contribution in [-0.2, 0) is 4.79 Å². The number of carbonyl (C=O) groups excluding carboxylic acids is 2. The Kier molecular flexibility index (Phi) is 4.82. The minimum absolute atomic E-state index is 0.135. The predicted molar refractivity (Wildman–Crippen MR) is 75.2 cm³/mol. The van der Waals surface area contributed by atoms with Crippen molar-refractivity contribution in [2.75, 3.05) is 0 Å². The molecule has 1 aliphatic rings. The maximum absolute atomic E-state index is 12.1. The highest BCUT2D eigenvalue weighted by Gasteiger charge is 2.24. The van der Waals surface area contributed by atoms with Crippen molar-refractivity contribution >= 4 is 11.8 Å². The van der Waals surface area contributed by atoms with Crippen molar-refractivity contribution in [2.45, 2.75) is 51.6 Å². The van der Waals surface area contributed by atoms with Crippen LogP contribution in [0.4, 0.5) is 0 Å². The second kappa shape index (κ2) is 6.59. The Morgan fingerprint density at radius 1 is 1.40 bits per heavy atom. The zero-order valence-corrected chi connectivity index (χ0v) is 12.0. The number of hydrogen-bond donors (Lipinski definition) is 2. The zero-order valence-electron chi connectivity index (χ0n) is 12.0. The van der Waals surface area contributed by atoms with Crippen molar-refractivity contribution in [3.8, 4) is 0 Å². The molecule has 0 spiro atoms.